The third-order valence-corrected chi connectivity index (χ3v) is 7.88. The summed E-state index contributed by atoms with van der Waals surface area (Å²) in [4.78, 5) is 0. The predicted octanol–water partition coefficient (Wildman–Crippen LogP) is 6.80. The lowest BCUT2D eigenvalue weighted by Gasteiger charge is -2.39. The summed E-state index contributed by atoms with van der Waals surface area (Å²) in [5.41, 5.74) is 0. The monoisotopic (exact) mass is 530 g/mol. The molecule has 0 spiro atoms. The number of rotatable bonds is 26. The molecule has 1 heterocycles. The van der Waals surface area contributed by atoms with Crippen LogP contribution in [0.15, 0.2) is 0 Å². The Bertz CT molecular complexity index is 475. The molecule has 222 valence electrons. The predicted molar refractivity (Wildman–Crippen MR) is 152 cm³/mol. The Morgan fingerprint density at radius 2 is 0.838 bits per heavy atom. The van der Waals surface area contributed by atoms with Gasteiger partial charge >= 0.3 is 0 Å². The van der Waals surface area contributed by atoms with Crippen LogP contribution in [0.4, 0.5) is 0 Å². The molecule has 6 heteroatoms. The van der Waals surface area contributed by atoms with E-state index >= 15 is 0 Å². The van der Waals surface area contributed by atoms with Crippen molar-refractivity contribution in [3.63, 3.8) is 0 Å². The molecule has 0 aliphatic carbocycles. The Balaban J connectivity index is 1.75. The zero-order chi connectivity index (χ0) is 27.0. The lowest BCUT2D eigenvalue weighted by Crippen LogP contribution is -2.59. The maximum absolute atomic E-state index is 9.96. The highest BCUT2D eigenvalue weighted by molar-refractivity contribution is 4.88. The van der Waals surface area contributed by atoms with Crippen molar-refractivity contribution in [1.82, 2.24) is 0 Å². The fourth-order valence-electron chi connectivity index (χ4n) is 5.29. The fraction of sp³-hybridized carbons (Fsp3) is 1.00. The minimum atomic E-state index is -1.37. The van der Waals surface area contributed by atoms with Crippen LogP contribution in [0.2, 0.25) is 0 Å². The maximum atomic E-state index is 9.96. The second kappa shape index (κ2) is 24.8. The average Bonchev–Trinajstić information content (AvgIpc) is 2.91. The van der Waals surface area contributed by atoms with Crippen molar-refractivity contribution < 1.29 is 29.9 Å². The average molecular weight is 531 g/mol. The van der Waals surface area contributed by atoms with Gasteiger partial charge < -0.3 is 29.9 Å². The molecule has 5 atom stereocenters. The molecule has 0 aromatic heterocycles. The SMILES string of the molecule is CCCCCCCCCCCCCCCCCCCCCCCCCO[C@@H]1O[C@@H](CO)[C@H](O)[C@@H](O)[C@@H]1O. The Morgan fingerprint density at radius 3 is 1.19 bits per heavy atom. The lowest BCUT2D eigenvalue weighted by molar-refractivity contribution is -0.301. The van der Waals surface area contributed by atoms with Crippen molar-refractivity contribution >= 4 is 0 Å². The summed E-state index contributed by atoms with van der Waals surface area (Å²) in [6, 6.07) is 0. The van der Waals surface area contributed by atoms with E-state index in [0.29, 0.717) is 6.61 Å². The quantitative estimate of drug-likeness (QED) is 0.0919. The second-order valence-electron chi connectivity index (χ2n) is 11.3. The molecule has 1 aliphatic heterocycles. The van der Waals surface area contributed by atoms with Gasteiger partial charge in [0.1, 0.15) is 24.4 Å². The number of unbranched alkanes of at least 4 members (excludes halogenated alkanes) is 22. The molecule has 1 fully saturated rings. The van der Waals surface area contributed by atoms with E-state index in [4.69, 9.17) is 9.47 Å². The summed E-state index contributed by atoms with van der Waals surface area (Å²) in [5, 5.41) is 38.7. The zero-order valence-electron chi connectivity index (χ0n) is 24.2. The van der Waals surface area contributed by atoms with Crippen LogP contribution in [-0.2, 0) is 9.47 Å². The van der Waals surface area contributed by atoms with Gasteiger partial charge in [-0.25, -0.2) is 0 Å². The van der Waals surface area contributed by atoms with Gasteiger partial charge in [-0.15, -0.1) is 0 Å². The van der Waals surface area contributed by atoms with E-state index in [9.17, 15) is 20.4 Å². The molecule has 0 aromatic rings. The molecule has 37 heavy (non-hydrogen) atoms. The molecular weight excluding hydrogens is 468 g/mol. The fourth-order valence-corrected chi connectivity index (χ4v) is 5.29. The third-order valence-electron chi connectivity index (χ3n) is 7.88. The first kappa shape index (κ1) is 34.8. The number of hydrogen-bond acceptors (Lipinski definition) is 6. The van der Waals surface area contributed by atoms with Gasteiger partial charge in [0, 0.05) is 6.61 Å². The normalized spacial score (nSPS) is 24.1. The Kier molecular flexibility index (Phi) is 23.3. The number of aliphatic hydroxyl groups excluding tert-OH is 4. The van der Waals surface area contributed by atoms with Gasteiger partial charge in [0.15, 0.2) is 6.29 Å². The van der Waals surface area contributed by atoms with Crippen molar-refractivity contribution in [3.8, 4) is 0 Å². The minimum Gasteiger partial charge on any atom is -0.394 e. The summed E-state index contributed by atoms with van der Waals surface area (Å²) in [5.74, 6) is 0. The van der Waals surface area contributed by atoms with Gasteiger partial charge in [-0.05, 0) is 6.42 Å². The molecule has 4 N–H and O–H groups in total. The summed E-state index contributed by atoms with van der Waals surface area (Å²) in [7, 11) is 0. The third kappa shape index (κ3) is 17.9. The molecule has 0 aromatic carbocycles. The van der Waals surface area contributed by atoms with Crippen LogP contribution in [0.1, 0.15) is 155 Å². The van der Waals surface area contributed by atoms with Gasteiger partial charge in [-0.3, -0.25) is 0 Å². The first-order valence-corrected chi connectivity index (χ1v) is 16.0. The van der Waals surface area contributed by atoms with Crippen LogP contribution in [0, 0.1) is 0 Å². The van der Waals surface area contributed by atoms with Gasteiger partial charge in [-0.2, -0.15) is 0 Å². The first-order chi connectivity index (χ1) is 18.1. The summed E-state index contributed by atoms with van der Waals surface area (Å²) in [6.07, 6.45) is 25.2. The highest BCUT2D eigenvalue weighted by Gasteiger charge is 2.43. The molecule has 0 amide bonds. The van der Waals surface area contributed by atoms with E-state index in [1.165, 1.54) is 135 Å². The second-order valence-corrected chi connectivity index (χ2v) is 11.3. The largest absolute Gasteiger partial charge is 0.394 e. The van der Waals surface area contributed by atoms with Gasteiger partial charge in [0.25, 0.3) is 0 Å². The minimum absolute atomic E-state index is 0.426. The first-order valence-electron chi connectivity index (χ1n) is 16.0. The van der Waals surface area contributed by atoms with E-state index in [-0.39, 0.29) is 0 Å². The van der Waals surface area contributed by atoms with Crippen molar-refractivity contribution in [2.75, 3.05) is 13.2 Å². The Morgan fingerprint density at radius 1 is 0.486 bits per heavy atom. The van der Waals surface area contributed by atoms with Crippen LogP contribution >= 0.6 is 0 Å². The standard InChI is InChI=1S/C31H62O6/c1-2-3-4-5-6-7-8-9-10-11-12-13-14-15-16-17-18-19-20-21-22-23-24-25-36-31-30(35)29(34)28(33)27(26-32)37-31/h27-35H,2-26H2,1H3/t27-,28-,29+,30-,31+/m0/s1. The highest BCUT2D eigenvalue weighted by atomic mass is 16.7. The maximum Gasteiger partial charge on any atom is 0.186 e. The van der Waals surface area contributed by atoms with Crippen molar-refractivity contribution in [3.05, 3.63) is 0 Å². The van der Waals surface area contributed by atoms with E-state index in [2.05, 4.69) is 6.92 Å². The number of hydrogen-bond donors (Lipinski definition) is 4. The molecule has 0 unspecified atom stereocenters. The van der Waals surface area contributed by atoms with Gasteiger partial charge in [0.2, 0.25) is 0 Å². The van der Waals surface area contributed by atoms with Crippen LogP contribution in [0.5, 0.6) is 0 Å². The molecule has 0 saturated carbocycles. The topological polar surface area (TPSA) is 99.4 Å². The Hall–Kier alpha value is -0.240. The molecule has 6 nitrogen and oxygen atoms in total. The molecule has 1 aliphatic rings. The lowest BCUT2D eigenvalue weighted by atomic mass is 9.99. The van der Waals surface area contributed by atoms with E-state index in [0.717, 1.165) is 12.8 Å². The van der Waals surface area contributed by atoms with Crippen LogP contribution in [0.25, 0.3) is 0 Å². The Labute approximate surface area is 228 Å². The van der Waals surface area contributed by atoms with Gasteiger partial charge in [-0.1, -0.05) is 148 Å². The van der Waals surface area contributed by atoms with Crippen LogP contribution in [0.3, 0.4) is 0 Å². The summed E-state index contributed by atoms with van der Waals surface area (Å²) >= 11 is 0. The van der Waals surface area contributed by atoms with Crippen molar-refractivity contribution in [2.24, 2.45) is 0 Å². The van der Waals surface area contributed by atoms with Crippen LogP contribution < -0.4 is 0 Å². The van der Waals surface area contributed by atoms with E-state index in [1.54, 1.807) is 0 Å². The van der Waals surface area contributed by atoms with Crippen molar-refractivity contribution in [2.45, 2.75) is 185 Å². The molecule has 0 radical (unpaired) electrons. The van der Waals surface area contributed by atoms with Crippen LogP contribution in [-0.4, -0.2) is 64.3 Å². The number of ether oxygens (including phenoxy) is 2. The molecule has 1 saturated heterocycles. The highest BCUT2D eigenvalue weighted by Crippen LogP contribution is 2.22. The number of aliphatic hydroxyl groups is 4. The van der Waals surface area contributed by atoms with Crippen molar-refractivity contribution in [1.29, 1.82) is 0 Å². The van der Waals surface area contributed by atoms with E-state index < -0.39 is 37.3 Å². The van der Waals surface area contributed by atoms with Gasteiger partial charge in [0.05, 0.1) is 6.61 Å². The molecule has 0 bridgehead atoms. The smallest absolute Gasteiger partial charge is 0.186 e. The summed E-state index contributed by atoms with van der Waals surface area (Å²) in [6.45, 7) is 2.29. The zero-order valence-corrected chi connectivity index (χ0v) is 24.2. The summed E-state index contributed by atoms with van der Waals surface area (Å²) < 4.78 is 10.9. The molecular formula is C31H62O6. The molecule has 1 rings (SSSR count). The van der Waals surface area contributed by atoms with E-state index in [1.807, 2.05) is 0 Å².